The Morgan fingerprint density at radius 3 is 1.32 bits per heavy atom. The Kier molecular flexibility index (Phi) is 6.73. The lowest BCUT2D eigenvalue weighted by molar-refractivity contribution is -0.130. The normalized spacial score (nSPS) is 10.3. The molecule has 0 saturated heterocycles. The van der Waals surface area contributed by atoms with Gasteiger partial charge in [0.1, 0.15) is 11.5 Å². The Morgan fingerprint density at radius 1 is 0.645 bits per heavy atom. The highest BCUT2D eigenvalue weighted by atomic mass is 35.5. The Morgan fingerprint density at radius 2 is 1.00 bits per heavy atom. The third-order valence-electron chi connectivity index (χ3n) is 4.39. The van der Waals surface area contributed by atoms with Crippen molar-refractivity contribution in [2.75, 3.05) is 0 Å². The van der Waals surface area contributed by atoms with Crippen LogP contribution in [0.2, 0.25) is 5.02 Å². The zero-order valence-electron chi connectivity index (χ0n) is 17.3. The third kappa shape index (κ3) is 5.71. The topological polar surface area (TPSA) is 52.6 Å². The minimum atomic E-state index is -0.463. The van der Waals surface area contributed by atoms with Crippen LogP contribution in [0.4, 0.5) is 0 Å². The van der Waals surface area contributed by atoms with Gasteiger partial charge in [-0.1, -0.05) is 49.0 Å². The van der Waals surface area contributed by atoms with Crippen molar-refractivity contribution in [1.29, 1.82) is 0 Å². The van der Waals surface area contributed by atoms with E-state index in [4.69, 9.17) is 21.1 Å². The predicted octanol–water partition coefficient (Wildman–Crippen LogP) is 6.64. The first-order valence-electron chi connectivity index (χ1n) is 9.50. The summed E-state index contributed by atoms with van der Waals surface area (Å²) in [5, 5.41) is 0.586. The van der Waals surface area contributed by atoms with E-state index in [9.17, 15) is 9.59 Å². The molecule has 0 atom stereocenters. The second-order valence-corrected chi connectivity index (χ2v) is 7.55. The zero-order chi connectivity index (χ0) is 22.5. The molecule has 0 fully saturated rings. The van der Waals surface area contributed by atoms with E-state index in [0.29, 0.717) is 27.7 Å². The molecule has 3 aromatic carbocycles. The van der Waals surface area contributed by atoms with E-state index >= 15 is 0 Å². The maximum Gasteiger partial charge on any atom is 0.338 e. The fourth-order valence-corrected chi connectivity index (χ4v) is 2.98. The molecule has 0 unspecified atom stereocenters. The molecular formula is C26H21ClO4. The lowest BCUT2D eigenvalue weighted by Gasteiger charge is -2.10. The van der Waals surface area contributed by atoms with Crippen molar-refractivity contribution in [2.24, 2.45) is 0 Å². The number of ether oxygens (including phenoxy) is 2. The summed E-state index contributed by atoms with van der Waals surface area (Å²) in [7, 11) is 0. The van der Waals surface area contributed by atoms with E-state index < -0.39 is 11.9 Å². The van der Waals surface area contributed by atoms with Crippen LogP contribution >= 0.6 is 11.6 Å². The molecule has 0 aliphatic rings. The van der Waals surface area contributed by atoms with Crippen LogP contribution in [0.25, 0.3) is 22.3 Å². The summed E-state index contributed by atoms with van der Waals surface area (Å²) in [5.41, 5.74) is 4.35. The van der Waals surface area contributed by atoms with Gasteiger partial charge in [-0.3, -0.25) is 0 Å². The standard InChI is InChI=1S/C26H21ClO4/c1-16(2)25(28)30-23-9-5-18(6-10-23)20-13-21(15-22(27)14-20)19-7-11-24(12-8-19)31-26(29)17(3)4/h5-15H,1,3H2,2,4H3. The minimum Gasteiger partial charge on any atom is -0.423 e. The second kappa shape index (κ2) is 9.45. The molecular weight excluding hydrogens is 412 g/mol. The highest BCUT2D eigenvalue weighted by Crippen LogP contribution is 2.32. The van der Waals surface area contributed by atoms with Gasteiger partial charge in [0.2, 0.25) is 0 Å². The van der Waals surface area contributed by atoms with Gasteiger partial charge in [-0.15, -0.1) is 0 Å². The highest BCUT2D eigenvalue weighted by molar-refractivity contribution is 6.31. The molecule has 0 aliphatic carbocycles. The average Bonchev–Trinajstić information content (AvgIpc) is 2.74. The Bertz CT molecular complexity index is 1070. The van der Waals surface area contributed by atoms with Gasteiger partial charge in [-0.25, -0.2) is 9.59 Å². The van der Waals surface area contributed by atoms with Crippen molar-refractivity contribution in [3.05, 3.63) is 96.1 Å². The fourth-order valence-electron chi connectivity index (χ4n) is 2.74. The molecule has 0 radical (unpaired) electrons. The molecule has 0 aromatic heterocycles. The van der Waals surface area contributed by atoms with Crippen LogP contribution in [-0.4, -0.2) is 11.9 Å². The fraction of sp³-hybridized carbons (Fsp3) is 0.0769. The smallest absolute Gasteiger partial charge is 0.338 e. The van der Waals surface area contributed by atoms with E-state index in [2.05, 4.69) is 13.2 Å². The van der Waals surface area contributed by atoms with Crippen molar-refractivity contribution >= 4 is 23.5 Å². The molecule has 0 amide bonds. The molecule has 3 aromatic rings. The SMILES string of the molecule is C=C(C)C(=O)Oc1ccc(-c2cc(Cl)cc(-c3ccc(OC(=O)C(=C)C)cc3)c2)cc1. The maximum atomic E-state index is 11.7. The Balaban J connectivity index is 1.83. The van der Waals surface area contributed by atoms with Crippen molar-refractivity contribution < 1.29 is 19.1 Å². The summed E-state index contributed by atoms with van der Waals surface area (Å²) >= 11 is 6.36. The van der Waals surface area contributed by atoms with Gasteiger partial charge in [-0.2, -0.15) is 0 Å². The number of rotatable bonds is 6. The monoisotopic (exact) mass is 432 g/mol. The molecule has 0 bridgehead atoms. The molecule has 0 N–H and O–H groups in total. The lowest BCUT2D eigenvalue weighted by atomic mass is 9.99. The van der Waals surface area contributed by atoms with Crippen molar-refractivity contribution in [3.8, 4) is 33.8 Å². The van der Waals surface area contributed by atoms with Crippen LogP contribution in [0, 0.1) is 0 Å². The van der Waals surface area contributed by atoms with Gasteiger partial charge in [-0.05, 0) is 78.6 Å². The number of carbonyl (C=O) groups excluding carboxylic acids is 2. The van der Waals surface area contributed by atoms with Crippen LogP contribution in [0.3, 0.4) is 0 Å². The van der Waals surface area contributed by atoms with Gasteiger partial charge >= 0.3 is 11.9 Å². The van der Waals surface area contributed by atoms with Crippen molar-refractivity contribution in [2.45, 2.75) is 13.8 Å². The van der Waals surface area contributed by atoms with Crippen LogP contribution < -0.4 is 9.47 Å². The second-order valence-electron chi connectivity index (χ2n) is 7.12. The lowest BCUT2D eigenvalue weighted by Crippen LogP contribution is -2.07. The Labute approximate surface area is 186 Å². The molecule has 0 saturated carbocycles. The van der Waals surface area contributed by atoms with Gasteiger partial charge in [0.05, 0.1) is 0 Å². The first kappa shape index (κ1) is 22.1. The Hall–Kier alpha value is -3.63. The number of esters is 2. The molecule has 4 nitrogen and oxygen atoms in total. The molecule has 3 rings (SSSR count). The third-order valence-corrected chi connectivity index (χ3v) is 4.61. The van der Waals surface area contributed by atoms with E-state index in [1.165, 1.54) is 0 Å². The van der Waals surface area contributed by atoms with E-state index in [0.717, 1.165) is 22.3 Å². The van der Waals surface area contributed by atoms with E-state index in [-0.39, 0.29) is 0 Å². The molecule has 0 spiro atoms. The predicted molar refractivity (Wildman–Crippen MR) is 123 cm³/mol. The van der Waals surface area contributed by atoms with Crippen molar-refractivity contribution in [3.63, 3.8) is 0 Å². The number of halogens is 1. The van der Waals surface area contributed by atoms with Crippen LogP contribution in [-0.2, 0) is 9.59 Å². The first-order chi connectivity index (χ1) is 14.7. The van der Waals surface area contributed by atoms with Crippen molar-refractivity contribution in [1.82, 2.24) is 0 Å². The van der Waals surface area contributed by atoms with Gasteiger partial charge < -0.3 is 9.47 Å². The first-order valence-corrected chi connectivity index (χ1v) is 9.87. The molecule has 0 heterocycles. The quantitative estimate of drug-likeness (QED) is 0.249. The van der Waals surface area contributed by atoms with Crippen LogP contribution in [0.15, 0.2) is 91.0 Å². The van der Waals surface area contributed by atoms with Gasteiger partial charge in [0, 0.05) is 16.2 Å². The van der Waals surface area contributed by atoms with Crippen LogP contribution in [0.1, 0.15) is 13.8 Å². The van der Waals surface area contributed by atoms with Crippen LogP contribution in [0.5, 0.6) is 11.5 Å². The summed E-state index contributed by atoms with van der Waals surface area (Å²) in [6.45, 7) is 10.3. The molecule has 0 aliphatic heterocycles. The van der Waals surface area contributed by atoms with E-state index in [1.807, 2.05) is 42.5 Å². The molecule has 156 valence electrons. The summed E-state index contributed by atoms with van der Waals surface area (Å²) in [5.74, 6) is -0.0388. The summed E-state index contributed by atoms with van der Waals surface area (Å²) in [6, 6.07) is 20.1. The van der Waals surface area contributed by atoms with Gasteiger partial charge in [0.25, 0.3) is 0 Å². The summed E-state index contributed by atoms with van der Waals surface area (Å²) in [4.78, 5) is 23.3. The number of benzene rings is 3. The highest BCUT2D eigenvalue weighted by Gasteiger charge is 2.09. The number of carbonyl (C=O) groups is 2. The maximum absolute atomic E-state index is 11.7. The van der Waals surface area contributed by atoms with E-state index in [1.54, 1.807) is 38.1 Å². The zero-order valence-corrected chi connectivity index (χ0v) is 18.0. The molecule has 5 heteroatoms. The number of hydrogen-bond donors (Lipinski definition) is 0. The summed E-state index contributed by atoms with van der Waals surface area (Å²) in [6.07, 6.45) is 0. The minimum absolute atomic E-state index is 0.337. The average molecular weight is 433 g/mol. The largest absolute Gasteiger partial charge is 0.423 e. The summed E-state index contributed by atoms with van der Waals surface area (Å²) < 4.78 is 10.5. The molecule has 31 heavy (non-hydrogen) atoms. The number of hydrogen-bond acceptors (Lipinski definition) is 4. The van der Waals surface area contributed by atoms with Gasteiger partial charge in [0.15, 0.2) is 0 Å².